The van der Waals surface area contributed by atoms with Crippen molar-refractivity contribution in [3.05, 3.63) is 27.1 Å². The molecule has 0 aromatic carbocycles. The Morgan fingerprint density at radius 3 is 3.04 bits per heavy atom. The number of unbranched alkanes of at least 4 members (excludes halogenated alkanes) is 1. The minimum Gasteiger partial charge on any atom is -0.344 e. The number of aromatic nitrogens is 2. The van der Waals surface area contributed by atoms with Crippen LogP contribution in [0.5, 0.6) is 0 Å². The van der Waals surface area contributed by atoms with Gasteiger partial charge < -0.3 is 4.90 Å². The Morgan fingerprint density at radius 2 is 2.29 bits per heavy atom. The number of rotatable bonds is 5. The molecule has 6 heteroatoms. The molecule has 3 rings (SSSR count). The zero-order chi connectivity index (χ0) is 17.3. The largest absolute Gasteiger partial charge is 0.344 e. The van der Waals surface area contributed by atoms with Crippen molar-refractivity contribution in [3.63, 3.8) is 0 Å². The summed E-state index contributed by atoms with van der Waals surface area (Å²) >= 11 is 1.64. The van der Waals surface area contributed by atoms with Crippen molar-refractivity contribution < 1.29 is 4.79 Å². The maximum Gasteiger partial charge on any atom is 0.262 e. The molecule has 1 atom stereocenters. The van der Waals surface area contributed by atoms with Gasteiger partial charge in [0.05, 0.1) is 11.7 Å². The Hall–Kier alpha value is -1.69. The van der Waals surface area contributed by atoms with Crippen LogP contribution in [0.15, 0.2) is 11.1 Å². The highest BCUT2D eigenvalue weighted by Crippen LogP contribution is 2.35. The first-order valence-electron chi connectivity index (χ1n) is 8.74. The number of likely N-dealkylation sites (N-methyl/N-ethyl adjacent to an activating group) is 1. The normalized spacial score (nSPS) is 17.0. The SMILES string of the molecule is CCCCN(C)C(=O)Cn1cnc2sc3c(c2c1=O)CCC(C)C3. The number of aryl methyl sites for hydroxylation is 1. The summed E-state index contributed by atoms with van der Waals surface area (Å²) in [6.07, 6.45) is 6.65. The van der Waals surface area contributed by atoms with Gasteiger partial charge in [-0.25, -0.2) is 4.98 Å². The molecule has 2 aromatic rings. The third-order valence-corrected chi connectivity index (χ3v) is 6.02. The summed E-state index contributed by atoms with van der Waals surface area (Å²) in [7, 11) is 1.79. The van der Waals surface area contributed by atoms with Crippen molar-refractivity contribution >= 4 is 27.5 Å². The maximum atomic E-state index is 12.9. The van der Waals surface area contributed by atoms with E-state index in [9.17, 15) is 9.59 Å². The Morgan fingerprint density at radius 1 is 1.50 bits per heavy atom. The lowest BCUT2D eigenvalue weighted by atomic mass is 9.89. The quantitative estimate of drug-likeness (QED) is 0.836. The number of hydrogen-bond donors (Lipinski definition) is 0. The lowest BCUT2D eigenvalue weighted by Gasteiger charge is -2.18. The molecule has 1 amide bonds. The molecule has 130 valence electrons. The van der Waals surface area contributed by atoms with Gasteiger partial charge in [-0.15, -0.1) is 11.3 Å². The van der Waals surface area contributed by atoms with Gasteiger partial charge in [0.15, 0.2) is 0 Å². The van der Waals surface area contributed by atoms with Gasteiger partial charge in [0.2, 0.25) is 5.91 Å². The van der Waals surface area contributed by atoms with Crippen LogP contribution in [0.25, 0.3) is 10.2 Å². The van der Waals surface area contributed by atoms with Gasteiger partial charge in [-0.05, 0) is 37.2 Å². The molecule has 2 heterocycles. The fourth-order valence-electron chi connectivity index (χ4n) is 3.27. The first-order chi connectivity index (χ1) is 11.5. The second kappa shape index (κ2) is 7.05. The molecule has 0 radical (unpaired) electrons. The van der Waals surface area contributed by atoms with Gasteiger partial charge in [0, 0.05) is 18.5 Å². The highest BCUT2D eigenvalue weighted by Gasteiger charge is 2.23. The molecule has 1 unspecified atom stereocenters. The van der Waals surface area contributed by atoms with Gasteiger partial charge in [0.1, 0.15) is 11.4 Å². The van der Waals surface area contributed by atoms with Gasteiger partial charge >= 0.3 is 0 Å². The first-order valence-corrected chi connectivity index (χ1v) is 9.56. The fraction of sp³-hybridized carbons (Fsp3) is 0.611. The summed E-state index contributed by atoms with van der Waals surface area (Å²) in [6.45, 7) is 5.15. The molecule has 1 aliphatic rings. The molecule has 0 bridgehead atoms. The van der Waals surface area contributed by atoms with Crippen molar-refractivity contribution in [3.8, 4) is 0 Å². The highest BCUT2D eigenvalue weighted by atomic mass is 32.1. The topological polar surface area (TPSA) is 55.2 Å². The van der Waals surface area contributed by atoms with E-state index >= 15 is 0 Å². The number of carbonyl (C=O) groups excluding carboxylic acids is 1. The number of carbonyl (C=O) groups is 1. The summed E-state index contributed by atoms with van der Waals surface area (Å²) in [5, 5.41) is 0.744. The smallest absolute Gasteiger partial charge is 0.262 e. The predicted molar refractivity (Wildman–Crippen MR) is 97.6 cm³/mol. The highest BCUT2D eigenvalue weighted by molar-refractivity contribution is 7.18. The van der Waals surface area contributed by atoms with E-state index in [1.54, 1.807) is 23.3 Å². The molecule has 24 heavy (non-hydrogen) atoms. The molecule has 2 aromatic heterocycles. The Bertz CT molecular complexity index is 808. The van der Waals surface area contributed by atoms with Crippen molar-refractivity contribution in [2.24, 2.45) is 5.92 Å². The van der Waals surface area contributed by atoms with Crippen LogP contribution in [0, 0.1) is 5.92 Å². The average Bonchev–Trinajstić information content (AvgIpc) is 2.93. The summed E-state index contributed by atoms with van der Waals surface area (Å²) < 4.78 is 1.47. The Kier molecular flexibility index (Phi) is 5.04. The molecule has 5 nitrogen and oxygen atoms in total. The Balaban J connectivity index is 1.89. The first kappa shape index (κ1) is 17.1. The van der Waals surface area contributed by atoms with E-state index in [0.717, 1.165) is 48.9 Å². The van der Waals surface area contributed by atoms with E-state index in [1.807, 2.05) is 0 Å². The monoisotopic (exact) mass is 347 g/mol. The number of nitrogens with zero attached hydrogens (tertiary/aromatic N) is 3. The minimum absolute atomic E-state index is 0.0376. The third kappa shape index (κ3) is 3.24. The second-order valence-corrected chi connectivity index (χ2v) is 7.96. The Labute approximate surface area is 146 Å². The molecule has 0 aliphatic heterocycles. The molecule has 0 spiro atoms. The standard InChI is InChI=1S/C18H25N3O2S/c1-4-5-8-20(3)15(22)10-21-11-19-17-16(18(21)23)13-7-6-12(2)9-14(13)24-17/h11-12H,4-10H2,1-3H3. The average molecular weight is 347 g/mol. The summed E-state index contributed by atoms with van der Waals surface area (Å²) in [4.78, 5) is 33.5. The van der Waals surface area contributed by atoms with Crippen molar-refractivity contribution in [2.45, 2.75) is 52.5 Å². The van der Waals surface area contributed by atoms with E-state index in [4.69, 9.17) is 0 Å². The van der Waals surface area contributed by atoms with Crippen molar-refractivity contribution in [1.82, 2.24) is 14.5 Å². The van der Waals surface area contributed by atoms with Crippen LogP contribution in [0.3, 0.4) is 0 Å². The lowest BCUT2D eigenvalue weighted by Crippen LogP contribution is -2.34. The van der Waals surface area contributed by atoms with Crippen LogP contribution in [0.4, 0.5) is 0 Å². The number of hydrogen-bond acceptors (Lipinski definition) is 4. The van der Waals surface area contributed by atoms with E-state index in [0.29, 0.717) is 5.92 Å². The van der Waals surface area contributed by atoms with Gasteiger partial charge in [-0.1, -0.05) is 20.3 Å². The fourth-order valence-corrected chi connectivity index (χ4v) is 4.61. The number of amides is 1. The third-order valence-electron chi connectivity index (χ3n) is 4.86. The van der Waals surface area contributed by atoms with Crippen LogP contribution >= 0.6 is 11.3 Å². The molecule has 1 aliphatic carbocycles. The maximum absolute atomic E-state index is 12.9. The van der Waals surface area contributed by atoms with Crippen LogP contribution in [0.2, 0.25) is 0 Å². The van der Waals surface area contributed by atoms with Gasteiger partial charge in [0.25, 0.3) is 5.56 Å². The molecular formula is C18H25N3O2S. The van der Waals surface area contributed by atoms with Crippen LogP contribution in [-0.2, 0) is 24.2 Å². The zero-order valence-corrected chi connectivity index (χ0v) is 15.5. The van der Waals surface area contributed by atoms with Crippen LogP contribution in [-0.4, -0.2) is 34.0 Å². The summed E-state index contributed by atoms with van der Waals surface area (Å²) in [5.41, 5.74) is 1.11. The van der Waals surface area contributed by atoms with Gasteiger partial charge in [-0.2, -0.15) is 0 Å². The number of thiophene rings is 1. The molecule has 0 saturated carbocycles. The predicted octanol–water partition coefficient (Wildman–Crippen LogP) is 2.84. The van der Waals surface area contributed by atoms with Gasteiger partial charge in [-0.3, -0.25) is 14.2 Å². The van der Waals surface area contributed by atoms with E-state index < -0.39 is 0 Å². The number of fused-ring (bicyclic) bond motifs is 3. The second-order valence-electron chi connectivity index (χ2n) is 6.88. The molecule has 0 fully saturated rings. The minimum atomic E-state index is -0.0655. The van der Waals surface area contributed by atoms with Crippen molar-refractivity contribution in [1.29, 1.82) is 0 Å². The van der Waals surface area contributed by atoms with Crippen LogP contribution < -0.4 is 5.56 Å². The van der Waals surface area contributed by atoms with E-state index in [1.165, 1.54) is 21.3 Å². The molecule has 0 saturated heterocycles. The molecular weight excluding hydrogens is 322 g/mol. The van der Waals surface area contributed by atoms with Crippen LogP contribution in [0.1, 0.15) is 43.6 Å². The zero-order valence-electron chi connectivity index (χ0n) is 14.7. The summed E-state index contributed by atoms with van der Waals surface area (Å²) in [6, 6.07) is 0. The van der Waals surface area contributed by atoms with E-state index in [-0.39, 0.29) is 18.0 Å². The van der Waals surface area contributed by atoms with E-state index in [2.05, 4.69) is 18.8 Å². The molecule has 0 N–H and O–H groups in total. The van der Waals surface area contributed by atoms with Crippen molar-refractivity contribution in [2.75, 3.05) is 13.6 Å². The summed E-state index contributed by atoms with van der Waals surface area (Å²) in [5.74, 6) is 0.631. The lowest BCUT2D eigenvalue weighted by molar-refractivity contribution is -0.130.